The summed E-state index contributed by atoms with van der Waals surface area (Å²) in [6, 6.07) is 2.48. The molecule has 0 aromatic heterocycles. The van der Waals surface area contributed by atoms with Crippen LogP contribution in [0.15, 0.2) is 12.1 Å². The Morgan fingerprint density at radius 1 is 1.54 bits per heavy atom. The van der Waals surface area contributed by atoms with Gasteiger partial charge in [-0.05, 0) is 24.6 Å². The SMILES string of the molecule is COC(=O)c1cc(C)c(F)cc1N. The second-order valence-electron chi connectivity index (χ2n) is 2.68. The molecule has 1 aromatic rings. The number of anilines is 1. The Bertz CT molecular complexity index is 350. The van der Waals surface area contributed by atoms with Gasteiger partial charge in [-0.1, -0.05) is 0 Å². The summed E-state index contributed by atoms with van der Waals surface area (Å²) in [6.45, 7) is 1.56. The number of rotatable bonds is 1. The molecule has 0 saturated heterocycles. The lowest BCUT2D eigenvalue weighted by Gasteiger charge is -2.05. The van der Waals surface area contributed by atoms with Gasteiger partial charge < -0.3 is 10.5 Å². The maximum atomic E-state index is 12.9. The summed E-state index contributed by atoms with van der Waals surface area (Å²) in [5, 5.41) is 0. The number of ether oxygens (including phenoxy) is 1. The second kappa shape index (κ2) is 3.43. The Morgan fingerprint density at radius 2 is 2.15 bits per heavy atom. The number of esters is 1. The first-order valence-electron chi connectivity index (χ1n) is 3.70. The molecule has 0 unspecified atom stereocenters. The zero-order valence-electron chi connectivity index (χ0n) is 7.43. The van der Waals surface area contributed by atoms with Crippen LogP contribution in [0.1, 0.15) is 15.9 Å². The number of carbonyl (C=O) groups is 1. The highest BCUT2D eigenvalue weighted by Gasteiger charge is 2.12. The Kier molecular flexibility index (Phi) is 2.51. The summed E-state index contributed by atoms with van der Waals surface area (Å²) in [5.41, 5.74) is 6.08. The molecule has 0 aliphatic heterocycles. The van der Waals surface area contributed by atoms with Gasteiger partial charge in [0.05, 0.1) is 12.7 Å². The summed E-state index contributed by atoms with van der Waals surface area (Å²) < 4.78 is 17.4. The van der Waals surface area contributed by atoms with Crippen molar-refractivity contribution in [3.63, 3.8) is 0 Å². The monoisotopic (exact) mass is 183 g/mol. The number of nitrogen functional groups attached to an aromatic ring is 1. The van der Waals surface area contributed by atoms with E-state index in [0.717, 1.165) is 6.07 Å². The van der Waals surface area contributed by atoms with Crippen LogP contribution < -0.4 is 5.73 Å². The molecule has 0 heterocycles. The van der Waals surface area contributed by atoms with Crippen LogP contribution in [0.2, 0.25) is 0 Å². The highest BCUT2D eigenvalue weighted by molar-refractivity contribution is 5.95. The van der Waals surface area contributed by atoms with Crippen molar-refractivity contribution in [1.82, 2.24) is 0 Å². The molecule has 0 radical (unpaired) electrons. The maximum Gasteiger partial charge on any atom is 0.339 e. The minimum Gasteiger partial charge on any atom is -0.465 e. The van der Waals surface area contributed by atoms with Crippen molar-refractivity contribution >= 4 is 11.7 Å². The second-order valence-corrected chi connectivity index (χ2v) is 2.68. The van der Waals surface area contributed by atoms with Crippen LogP contribution in [-0.2, 0) is 4.74 Å². The third-order valence-electron chi connectivity index (χ3n) is 1.74. The first kappa shape index (κ1) is 9.51. The molecule has 3 nitrogen and oxygen atoms in total. The van der Waals surface area contributed by atoms with E-state index in [1.807, 2.05) is 0 Å². The third kappa shape index (κ3) is 1.77. The van der Waals surface area contributed by atoms with Gasteiger partial charge in [-0.2, -0.15) is 0 Å². The molecule has 0 amide bonds. The molecule has 13 heavy (non-hydrogen) atoms. The zero-order valence-corrected chi connectivity index (χ0v) is 7.43. The Balaban J connectivity index is 3.23. The molecule has 0 aliphatic rings. The van der Waals surface area contributed by atoms with E-state index in [-0.39, 0.29) is 11.3 Å². The van der Waals surface area contributed by atoms with Gasteiger partial charge in [0.25, 0.3) is 0 Å². The van der Waals surface area contributed by atoms with Gasteiger partial charge in [0.15, 0.2) is 0 Å². The molecule has 0 saturated carbocycles. The maximum absolute atomic E-state index is 12.9. The van der Waals surface area contributed by atoms with Gasteiger partial charge in [0.2, 0.25) is 0 Å². The van der Waals surface area contributed by atoms with Crippen molar-refractivity contribution < 1.29 is 13.9 Å². The van der Waals surface area contributed by atoms with E-state index in [9.17, 15) is 9.18 Å². The van der Waals surface area contributed by atoms with Crippen molar-refractivity contribution in [3.05, 3.63) is 29.1 Å². The van der Waals surface area contributed by atoms with Crippen molar-refractivity contribution in [3.8, 4) is 0 Å². The summed E-state index contributed by atoms with van der Waals surface area (Å²) in [7, 11) is 1.25. The fourth-order valence-electron chi connectivity index (χ4n) is 0.984. The van der Waals surface area contributed by atoms with E-state index in [0.29, 0.717) is 5.56 Å². The van der Waals surface area contributed by atoms with Crippen LogP contribution in [0.3, 0.4) is 0 Å². The number of carbonyl (C=O) groups excluding carboxylic acids is 1. The average molecular weight is 183 g/mol. The average Bonchev–Trinajstić information content (AvgIpc) is 2.10. The number of hydrogen-bond acceptors (Lipinski definition) is 3. The molecule has 0 bridgehead atoms. The molecule has 70 valence electrons. The van der Waals surface area contributed by atoms with Crippen LogP contribution in [0, 0.1) is 12.7 Å². The number of hydrogen-bond donors (Lipinski definition) is 1. The van der Waals surface area contributed by atoms with Gasteiger partial charge in [-0.15, -0.1) is 0 Å². The number of halogens is 1. The molecule has 1 rings (SSSR count). The zero-order chi connectivity index (χ0) is 10.0. The minimum atomic E-state index is -0.555. The van der Waals surface area contributed by atoms with Gasteiger partial charge in [-0.3, -0.25) is 0 Å². The predicted octanol–water partition coefficient (Wildman–Crippen LogP) is 1.50. The summed E-state index contributed by atoms with van der Waals surface area (Å²) in [5.74, 6) is -0.981. The van der Waals surface area contributed by atoms with E-state index < -0.39 is 11.8 Å². The van der Waals surface area contributed by atoms with E-state index >= 15 is 0 Å². The molecule has 0 aliphatic carbocycles. The number of methoxy groups -OCH3 is 1. The minimum absolute atomic E-state index is 0.0925. The number of benzene rings is 1. The Hall–Kier alpha value is -1.58. The fourth-order valence-corrected chi connectivity index (χ4v) is 0.984. The molecule has 0 fully saturated rings. The Morgan fingerprint density at radius 3 is 2.69 bits per heavy atom. The molecule has 0 spiro atoms. The quantitative estimate of drug-likeness (QED) is 0.530. The summed E-state index contributed by atoms with van der Waals surface area (Å²) in [6.07, 6.45) is 0. The number of nitrogens with two attached hydrogens (primary N) is 1. The van der Waals surface area contributed by atoms with Crippen molar-refractivity contribution in [2.24, 2.45) is 0 Å². The van der Waals surface area contributed by atoms with E-state index in [1.165, 1.54) is 13.2 Å². The molecule has 4 heteroatoms. The first-order chi connectivity index (χ1) is 6.06. The van der Waals surface area contributed by atoms with Crippen LogP contribution in [0.5, 0.6) is 0 Å². The fraction of sp³-hybridized carbons (Fsp3) is 0.222. The van der Waals surface area contributed by atoms with Gasteiger partial charge in [0, 0.05) is 5.69 Å². The van der Waals surface area contributed by atoms with Gasteiger partial charge >= 0.3 is 5.97 Å². The Labute approximate surface area is 75.3 Å². The van der Waals surface area contributed by atoms with Crippen molar-refractivity contribution in [1.29, 1.82) is 0 Å². The highest BCUT2D eigenvalue weighted by atomic mass is 19.1. The summed E-state index contributed by atoms with van der Waals surface area (Å²) >= 11 is 0. The normalized spacial score (nSPS) is 9.77. The standard InChI is InChI=1S/C9H10FNO2/c1-5-3-6(9(12)13-2)8(11)4-7(5)10/h3-4H,11H2,1-2H3. The molecular formula is C9H10FNO2. The van der Waals surface area contributed by atoms with Gasteiger partial charge in [-0.25, -0.2) is 9.18 Å². The largest absolute Gasteiger partial charge is 0.465 e. The summed E-state index contributed by atoms with van der Waals surface area (Å²) in [4.78, 5) is 11.1. The molecule has 2 N–H and O–H groups in total. The first-order valence-corrected chi connectivity index (χ1v) is 3.70. The number of aryl methyl sites for hydroxylation is 1. The van der Waals surface area contributed by atoms with Crippen LogP contribution in [0.25, 0.3) is 0 Å². The topological polar surface area (TPSA) is 52.3 Å². The van der Waals surface area contributed by atoms with E-state index in [4.69, 9.17) is 5.73 Å². The van der Waals surface area contributed by atoms with E-state index in [2.05, 4.69) is 4.74 Å². The highest BCUT2D eigenvalue weighted by Crippen LogP contribution is 2.17. The van der Waals surface area contributed by atoms with Crippen LogP contribution in [0.4, 0.5) is 10.1 Å². The van der Waals surface area contributed by atoms with E-state index in [1.54, 1.807) is 6.92 Å². The lowest BCUT2D eigenvalue weighted by atomic mass is 10.1. The molecule has 0 atom stereocenters. The lowest BCUT2D eigenvalue weighted by molar-refractivity contribution is 0.0602. The van der Waals surface area contributed by atoms with Gasteiger partial charge in [0.1, 0.15) is 5.82 Å². The third-order valence-corrected chi connectivity index (χ3v) is 1.74. The molecule has 1 aromatic carbocycles. The van der Waals surface area contributed by atoms with Crippen LogP contribution >= 0.6 is 0 Å². The van der Waals surface area contributed by atoms with Crippen LogP contribution in [-0.4, -0.2) is 13.1 Å². The predicted molar refractivity (Wildman–Crippen MR) is 46.9 cm³/mol. The molecular weight excluding hydrogens is 173 g/mol. The lowest BCUT2D eigenvalue weighted by Crippen LogP contribution is -2.06. The van der Waals surface area contributed by atoms with Crippen molar-refractivity contribution in [2.45, 2.75) is 6.92 Å². The smallest absolute Gasteiger partial charge is 0.339 e. The van der Waals surface area contributed by atoms with Crippen molar-refractivity contribution in [2.75, 3.05) is 12.8 Å².